The highest BCUT2D eigenvalue weighted by molar-refractivity contribution is 6.35. The summed E-state index contributed by atoms with van der Waals surface area (Å²) in [5.74, 6) is 0.336. The van der Waals surface area contributed by atoms with Crippen molar-refractivity contribution < 1.29 is 9.18 Å². The van der Waals surface area contributed by atoms with E-state index in [4.69, 9.17) is 11.6 Å². The van der Waals surface area contributed by atoms with Crippen molar-refractivity contribution in [3.05, 3.63) is 64.7 Å². The van der Waals surface area contributed by atoms with Gasteiger partial charge in [0.2, 0.25) is 5.91 Å². The zero-order valence-electron chi connectivity index (χ0n) is 15.3. The first-order valence-corrected chi connectivity index (χ1v) is 9.54. The van der Waals surface area contributed by atoms with E-state index in [2.05, 4.69) is 17.2 Å². The number of nitrogens with zero attached hydrogens (tertiary/aromatic N) is 3. The van der Waals surface area contributed by atoms with Crippen LogP contribution in [-0.4, -0.2) is 15.5 Å². The summed E-state index contributed by atoms with van der Waals surface area (Å²) in [5, 5.41) is 4.83. The van der Waals surface area contributed by atoms with Crippen LogP contribution in [0.4, 0.5) is 4.39 Å². The molecule has 0 aliphatic heterocycles. The monoisotopic (exact) mass is 386 g/mol. The Hall–Kier alpha value is -2.40. The van der Waals surface area contributed by atoms with E-state index in [0.717, 1.165) is 35.4 Å². The van der Waals surface area contributed by atoms with Crippen molar-refractivity contribution >= 4 is 28.5 Å². The van der Waals surface area contributed by atoms with Crippen molar-refractivity contribution in [3.8, 4) is 0 Å². The molecule has 6 heteroatoms. The second-order valence-electron chi connectivity index (χ2n) is 6.48. The molecule has 0 atom stereocenters. The van der Waals surface area contributed by atoms with Crippen LogP contribution in [0.1, 0.15) is 37.6 Å². The lowest BCUT2D eigenvalue weighted by Crippen LogP contribution is -2.18. The van der Waals surface area contributed by atoms with Gasteiger partial charge in [-0.2, -0.15) is 0 Å². The van der Waals surface area contributed by atoms with E-state index in [1.54, 1.807) is 6.07 Å². The molecule has 0 bridgehead atoms. The predicted octanol–water partition coefficient (Wildman–Crippen LogP) is 4.89. The summed E-state index contributed by atoms with van der Waals surface area (Å²) in [4.78, 5) is 16.7. The third kappa shape index (κ3) is 4.86. The fourth-order valence-electron chi connectivity index (χ4n) is 3.15. The number of aromatic nitrogens is 2. The predicted molar refractivity (Wildman–Crippen MR) is 105 cm³/mol. The van der Waals surface area contributed by atoms with Gasteiger partial charge in [0.25, 0.3) is 0 Å². The van der Waals surface area contributed by atoms with Crippen molar-refractivity contribution in [2.24, 2.45) is 0 Å². The first kappa shape index (κ1) is 19.4. The lowest BCUT2D eigenvalue weighted by molar-refractivity contribution is -0.121. The highest BCUT2D eigenvalue weighted by Gasteiger charge is 2.14. The molecule has 0 saturated heterocycles. The molecule has 141 valence electrons. The van der Waals surface area contributed by atoms with Gasteiger partial charge in [0, 0.05) is 13.0 Å². The molecule has 0 fully saturated rings. The number of fused-ring (bicyclic) bond motifs is 1. The van der Waals surface area contributed by atoms with Gasteiger partial charge in [-0.15, -0.1) is 0 Å². The van der Waals surface area contributed by atoms with Gasteiger partial charge in [0.1, 0.15) is 18.2 Å². The molecule has 0 spiro atoms. The summed E-state index contributed by atoms with van der Waals surface area (Å²) in [7, 11) is 0. The quantitative estimate of drug-likeness (QED) is 0.553. The van der Waals surface area contributed by atoms with Crippen molar-refractivity contribution in [1.29, 1.82) is 0 Å². The number of carbonyl (C=O) groups is 1. The van der Waals surface area contributed by atoms with Crippen LogP contribution in [0, 0.1) is 5.82 Å². The number of aryl methyl sites for hydroxylation is 2. The van der Waals surface area contributed by atoms with Gasteiger partial charge in [0.05, 0.1) is 16.1 Å². The second kappa shape index (κ2) is 9.00. The summed E-state index contributed by atoms with van der Waals surface area (Å²) < 4.78 is 15.2. The molecule has 27 heavy (non-hydrogen) atoms. The smallest absolute Gasteiger partial charge is 0.241 e. The largest absolute Gasteiger partial charge is 0.325 e. The number of hydrogen-bond acceptors (Lipinski definition) is 2. The van der Waals surface area contributed by atoms with Crippen LogP contribution < -0.4 is 5.32 Å². The maximum Gasteiger partial charge on any atom is 0.241 e. The van der Waals surface area contributed by atoms with Gasteiger partial charge in [-0.25, -0.2) is 14.7 Å². The number of benzene rings is 2. The van der Waals surface area contributed by atoms with E-state index in [1.807, 2.05) is 28.8 Å². The van der Waals surface area contributed by atoms with Crippen LogP contribution in [0.3, 0.4) is 0 Å². The van der Waals surface area contributed by atoms with E-state index in [-0.39, 0.29) is 18.3 Å². The topological polar surface area (TPSA) is 49.0 Å². The number of hydrogen-bond donors (Lipinski definition) is 0. The van der Waals surface area contributed by atoms with Crippen LogP contribution in [0.25, 0.3) is 11.0 Å². The molecule has 1 heterocycles. The minimum atomic E-state index is -0.253. The SMILES string of the molecule is CCCn1c(C[N]C(=O)CCCc2cccc(F)c2)nc2cccc(Cl)c21. The van der Waals surface area contributed by atoms with Crippen molar-refractivity contribution in [2.75, 3.05) is 0 Å². The van der Waals surface area contributed by atoms with Crippen LogP contribution in [0.15, 0.2) is 42.5 Å². The van der Waals surface area contributed by atoms with Gasteiger partial charge in [-0.05, 0) is 49.1 Å². The molecule has 3 rings (SSSR count). The third-order valence-corrected chi connectivity index (χ3v) is 4.69. The van der Waals surface area contributed by atoms with Crippen molar-refractivity contribution in [1.82, 2.24) is 14.9 Å². The average molecular weight is 387 g/mol. The second-order valence-corrected chi connectivity index (χ2v) is 6.89. The fourth-order valence-corrected chi connectivity index (χ4v) is 3.42. The molecule has 3 aromatic rings. The highest BCUT2D eigenvalue weighted by atomic mass is 35.5. The number of rotatable bonds is 8. The third-order valence-electron chi connectivity index (χ3n) is 4.39. The minimum Gasteiger partial charge on any atom is -0.325 e. The molecular weight excluding hydrogens is 365 g/mol. The number of imidazole rings is 1. The highest BCUT2D eigenvalue weighted by Crippen LogP contribution is 2.25. The molecule has 0 unspecified atom stereocenters. The molecule has 1 aromatic heterocycles. The standard InChI is InChI=1S/C21H22ClFN3O/c1-2-12-26-19(25-18-10-5-9-17(22)21(18)26)14-24-20(27)11-4-7-15-6-3-8-16(23)13-15/h3,5-6,8-10,13H,2,4,7,11-12,14H2,1H3. The number of amides is 1. The Morgan fingerprint density at radius 3 is 2.85 bits per heavy atom. The summed E-state index contributed by atoms with van der Waals surface area (Å²) in [5.41, 5.74) is 2.60. The maximum absolute atomic E-state index is 13.2. The van der Waals surface area contributed by atoms with E-state index in [9.17, 15) is 9.18 Å². The van der Waals surface area contributed by atoms with Crippen LogP contribution in [-0.2, 0) is 24.3 Å². The zero-order valence-corrected chi connectivity index (χ0v) is 16.0. The Balaban J connectivity index is 1.58. The van der Waals surface area contributed by atoms with E-state index in [1.165, 1.54) is 12.1 Å². The Morgan fingerprint density at radius 1 is 1.26 bits per heavy atom. The summed E-state index contributed by atoms with van der Waals surface area (Å²) in [6, 6.07) is 12.1. The summed E-state index contributed by atoms with van der Waals surface area (Å²) in [6.07, 6.45) is 2.57. The van der Waals surface area contributed by atoms with Gasteiger partial charge in [-0.1, -0.05) is 36.7 Å². The van der Waals surface area contributed by atoms with Crippen LogP contribution in [0.2, 0.25) is 5.02 Å². The number of halogens is 2. The van der Waals surface area contributed by atoms with Crippen LogP contribution >= 0.6 is 11.6 Å². The molecule has 1 radical (unpaired) electrons. The Kier molecular flexibility index (Phi) is 6.45. The van der Waals surface area contributed by atoms with E-state index in [0.29, 0.717) is 24.3 Å². The number of para-hydroxylation sites is 1. The number of carbonyl (C=O) groups excluding carboxylic acids is 1. The Morgan fingerprint density at radius 2 is 2.07 bits per heavy atom. The summed E-state index contributed by atoms with van der Waals surface area (Å²) >= 11 is 6.33. The van der Waals surface area contributed by atoms with Gasteiger partial charge in [-0.3, -0.25) is 4.79 Å². The van der Waals surface area contributed by atoms with E-state index < -0.39 is 0 Å². The lowest BCUT2D eigenvalue weighted by atomic mass is 10.1. The fraction of sp³-hybridized carbons (Fsp3) is 0.333. The zero-order chi connectivity index (χ0) is 19.2. The van der Waals surface area contributed by atoms with Crippen molar-refractivity contribution in [2.45, 2.75) is 45.7 Å². The Bertz CT molecular complexity index is 938. The molecule has 0 saturated carbocycles. The van der Waals surface area contributed by atoms with E-state index >= 15 is 0 Å². The van der Waals surface area contributed by atoms with Crippen molar-refractivity contribution in [3.63, 3.8) is 0 Å². The van der Waals surface area contributed by atoms with Gasteiger partial charge < -0.3 is 4.57 Å². The first-order chi connectivity index (χ1) is 13.1. The lowest BCUT2D eigenvalue weighted by Gasteiger charge is -2.08. The maximum atomic E-state index is 13.2. The molecule has 0 aliphatic rings. The van der Waals surface area contributed by atoms with Crippen LogP contribution in [0.5, 0.6) is 0 Å². The van der Waals surface area contributed by atoms with Gasteiger partial charge >= 0.3 is 0 Å². The molecule has 0 N–H and O–H groups in total. The minimum absolute atomic E-state index is 0.160. The molecule has 1 amide bonds. The molecule has 2 aromatic carbocycles. The molecule has 4 nitrogen and oxygen atoms in total. The molecular formula is C21H22ClFN3O. The molecule has 0 aliphatic carbocycles. The average Bonchev–Trinajstić information content (AvgIpc) is 2.99. The first-order valence-electron chi connectivity index (χ1n) is 9.17. The Labute approximate surface area is 163 Å². The normalized spacial score (nSPS) is 11.1. The summed E-state index contributed by atoms with van der Waals surface area (Å²) in [6.45, 7) is 3.10. The van der Waals surface area contributed by atoms with Gasteiger partial charge in [0.15, 0.2) is 0 Å².